The number of carboxylic acid groups (broad SMARTS) is 1. The van der Waals surface area contributed by atoms with Gasteiger partial charge in [-0.25, -0.2) is 4.79 Å². The summed E-state index contributed by atoms with van der Waals surface area (Å²) >= 11 is 6.17. The molecule has 22 heavy (non-hydrogen) atoms. The van der Waals surface area contributed by atoms with Gasteiger partial charge in [-0.1, -0.05) is 18.2 Å². The summed E-state index contributed by atoms with van der Waals surface area (Å²) in [5.41, 5.74) is 1.12. The van der Waals surface area contributed by atoms with Crippen molar-refractivity contribution in [2.24, 2.45) is 0 Å². The van der Waals surface area contributed by atoms with E-state index in [1.54, 1.807) is 13.0 Å². The number of carbonyl (C=O) groups is 1. The normalized spacial score (nSPS) is 10.7. The molecule has 5 nitrogen and oxygen atoms in total. The fraction of sp³-hybridized carbons (Fsp3) is 0.250. The lowest BCUT2D eigenvalue weighted by atomic mass is 10.0. The zero-order valence-corrected chi connectivity index (χ0v) is 13.0. The highest BCUT2D eigenvalue weighted by atomic mass is 35.5. The van der Waals surface area contributed by atoms with Gasteiger partial charge in [-0.2, -0.15) is 0 Å². The van der Waals surface area contributed by atoms with Gasteiger partial charge < -0.3 is 14.3 Å². The highest BCUT2D eigenvalue weighted by Gasteiger charge is 2.16. The Morgan fingerprint density at radius 2 is 2.14 bits per heavy atom. The number of hydrogen-bond donors (Lipinski definition) is 1. The maximum Gasteiger partial charge on any atom is 0.340 e. The Kier molecular flexibility index (Phi) is 4.56. The first-order chi connectivity index (χ1) is 10.3. The molecule has 0 unspecified atom stereocenters. The smallest absolute Gasteiger partial charge is 0.340 e. The molecule has 1 heterocycles. The third-order valence-corrected chi connectivity index (χ3v) is 3.44. The van der Waals surface area contributed by atoms with Gasteiger partial charge in [0.15, 0.2) is 0 Å². The van der Waals surface area contributed by atoms with Crippen LogP contribution in [0, 0.1) is 6.92 Å². The molecule has 0 radical (unpaired) electrons. The Balaban J connectivity index is 2.58. The molecule has 0 saturated carbocycles. The van der Waals surface area contributed by atoms with Gasteiger partial charge in [0.2, 0.25) is 0 Å². The van der Waals surface area contributed by atoms with E-state index in [2.05, 4.69) is 6.58 Å². The molecule has 1 N–H and O–H groups in total. The van der Waals surface area contributed by atoms with Crippen LogP contribution in [0.2, 0.25) is 5.02 Å². The van der Waals surface area contributed by atoms with Crippen molar-refractivity contribution in [3.05, 3.63) is 50.9 Å². The third kappa shape index (κ3) is 3.31. The Morgan fingerprint density at radius 3 is 2.73 bits per heavy atom. The van der Waals surface area contributed by atoms with E-state index in [4.69, 9.17) is 25.9 Å². The van der Waals surface area contributed by atoms with E-state index in [-0.39, 0.29) is 5.56 Å². The van der Waals surface area contributed by atoms with Crippen LogP contribution in [0.4, 0.5) is 0 Å². The molecule has 116 valence electrons. The molecule has 1 aromatic carbocycles. The van der Waals surface area contributed by atoms with E-state index in [0.29, 0.717) is 33.9 Å². The van der Waals surface area contributed by atoms with Crippen LogP contribution in [-0.2, 0) is 11.2 Å². The second-order valence-electron chi connectivity index (χ2n) is 5.09. The molecule has 2 aromatic rings. The second-order valence-corrected chi connectivity index (χ2v) is 5.50. The van der Waals surface area contributed by atoms with Crippen molar-refractivity contribution < 1.29 is 19.1 Å². The van der Waals surface area contributed by atoms with Crippen molar-refractivity contribution in [2.75, 3.05) is 6.61 Å². The number of aliphatic carboxylic acids is 1. The van der Waals surface area contributed by atoms with Crippen LogP contribution in [-0.4, -0.2) is 17.7 Å². The van der Waals surface area contributed by atoms with Gasteiger partial charge >= 0.3 is 11.6 Å². The number of aryl methyl sites for hydroxylation is 1. The lowest BCUT2D eigenvalue weighted by Crippen LogP contribution is -2.14. The van der Waals surface area contributed by atoms with E-state index in [0.717, 1.165) is 5.57 Å². The van der Waals surface area contributed by atoms with Gasteiger partial charge in [-0.05, 0) is 31.1 Å². The maximum atomic E-state index is 11.9. The van der Waals surface area contributed by atoms with Crippen molar-refractivity contribution in [1.82, 2.24) is 0 Å². The van der Waals surface area contributed by atoms with Gasteiger partial charge in [0.05, 0.1) is 17.0 Å². The molecule has 2 rings (SSSR count). The largest absolute Gasteiger partial charge is 0.488 e. The quantitative estimate of drug-likeness (QED) is 0.675. The molecular formula is C16H15ClO5. The molecule has 0 amide bonds. The van der Waals surface area contributed by atoms with Gasteiger partial charge in [-0.15, -0.1) is 0 Å². The van der Waals surface area contributed by atoms with Crippen LogP contribution in [0.25, 0.3) is 11.0 Å². The zero-order chi connectivity index (χ0) is 16.4. The first-order valence-electron chi connectivity index (χ1n) is 6.54. The number of halogens is 1. The van der Waals surface area contributed by atoms with Crippen molar-refractivity contribution >= 4 is 28.5 Å². The summed E-state index contributed by atoms with van der Waals surface area (Å²) in [4.78, 5) is 22.8. The number of rotatable bonds is 5. The molecule has 0 aliphatic heterocycles. The average molecular weight is 323 g/mol. The predicted molar refractivity (Wildman–Crippen MR) is 83.9 cm³/mol. The SMILES string of the molecule is C=C(C)COc1cc2oc(=O)c(CC(=O)O)c(C)c2cc1Cl. The summed E-state index contributed by atoms with van der Waals surface area (Å²) in [7, 11) is 0. The van der Waals surface area contributed by atoms with Gasteiger partial charge in [-0.3, -0.25) is 4.79 Å². The van der Waals surface area contributed by atoms with Crippen molar-refractivity contribution in [3.63, 3.8) is 0 Å². The van der Waals surface area contributed by atoms with Crippen LogP contribution < -0.4 is 10.4 Å². The van der Waals surface area contributed by atoms with E-state index in [1.165, 1.54) is 6.07 Å². The minimum Gasteiger partial charge on any atom is -0.488 e. The van der Waals surface area contributed by atoms with Crippen LogP contribution in [0.1, 0.15) is 18.1 Å². The van der Waals surface area contributed by atoms with Crippen LogP contribution in [0.15, 0.2) is 33.5 Å². The molecule has 6 heteroatoms. The summed E-state index contributed by atoms with van der Waals surface area (Å²) in [6, 6.07) is 3.13. The van der Waals surface area contributed by atoms with E-state index in [1.807, 2.05) is 6.92 Å². The molecule has 0 atom stereocenters. The van der Waals surface area contributed by atoms with Crippen molar-refractivity contribution in [1.29, 1.82) is 0 Å². The number of fused-ring (bicyclic) bond motifs is 1. The van der Waals surface area contributed by atoms with E-state index >= 15 is 0 Å². The summed E-state index contributed by atoms with van der Waals surface area (Å²) in [6.45, 7) is 7.52. The second kappa shape index (κ2) is 6.23. The Hall–Kier alpha value is -2.27. The van der Waals surface area contributed by atoms with Crippen LogP contribution in [0.5, 0.6) is 5.75 Å². The number of benzene rings is 1. The molecule has 0 saturated heterocycles. The lowest BCUT2D eigenvalue weighted by molar-refractivity contribution is -0.136. The summed E-state index contributed by atoms with van der Waals surface area (Å²) < 4.78 is 10.7. The molecule has 1 aromatic heterocycles. The predicted octanol–water partition coefficient (Wildman–Crippen LogP) is 3.34. The number of hydrogen-bond acceptors (Lipinski definition) is 4. The lowest BCUT2D eigenvalue weighted by Gasteiger charge is -2.11. The van der Waals surface area contributed by atoms with E-state index < -0.39 is 18.0 Å². The Labute approximate surface area is 131 Å². The standard InChI is InChI=1S/C16H15ClO5/c1-8(2)7-21-14-6-13-10(4-12(14)17)9(3)11(5-15(18)19)16(20)22-13/h4,6H,1,5,7H2,2-3H3,(H,18,19). The minimum atomic E-state index is -1.10. The molecule has 0 bridgehead atoms. The Morgan fingerprint density at radius 1 is 1.45 bits per heavy atom. The van der Waals surface area contributed by atoms with E-state index in [9.17, 15) is 9.59 Å². The van der Waals surface area contributed by atoms with Gasteiger partial charge in [0.1, 0.15) is 17.9 Å². The topological polar surface area (TPSA) is 76.7 Å². The molecule has 0 fully saturated rings. The highest BCUT2D eigenvalue weighted by Crippen LogP contribution is 2.32. The fourth-order valence-corrected chi connectivity index (χ4v) is 2.28. The van der Waals surface area contributed by atoms with Crippen LogP contribution in [0.3, 0.4) is 0 Å². The third-order valence-electron chi connectivity index (χ3n) is 3.14. The summed E-state index contributed by atoms with van der Waals surface area (Å²) in [5.74, 6) is -0.715. The minimum absolute atomic E-state index is 0.117. The molecule has 0 aliphatic rings. The van der Waals surface area contributed by atoms with Gasteiger partial charge in [0, 0.05) is 11.5 Å². The summed E-state index contributed by atoms with van der Waals surface area (Å²) in [6.07, 6.45) is -0.393. The maximum absolute atomic E-state index is 11.9. The monoisotopic (exact) mass is 322 g/mol. The average Bonchev–Trinajstić information content (AvgIpc) is 2.42. The van der Waals surface area contributed by atoms with Crippen molar-refractivity contribution in [3.8, 4) is 5.75 Å². The zero-order valence-electron chi connectivity index (χ0n) is 12.2. The molecule has 0 spiro atoms. The number of ether oxygens (including phenoxy) is 1. The van der Waals surface area contributed by atoms with Gasteiger partial charge in [0.25, 0.3) is 0 Å². The molecular weight excluding hydrogens is 308 g/mol. The van der Waals surface area contributed by atoms with Crippen molar-refractivity contribution in [2.45, 2.75) is 20.3 Å². The summed E-state index contributed by atoms with van der Waals surface area (Å²) in [5, 5.41) is 9.81. The Bertz CT molecular complexity index is 819. The van der Waals surface area contributed by atoms with Crippen LogP contribution >= 0.6 is 11.6 Å². The highest BCUT2D eigenvalue weighted by molar-refractivity contribution is 6.32. The number of carboxylic acids is 1. The molecule has 0 aliphatic carbocycles. The first kappa shape index (κ1) is 16.1. The first-order valence-corrected chi connectivity index (χ1v) is 6.92. The fourth-order valence-electron chi connectivity index (χ4n) is 2.06.